The van der Waals surface area contributed by atoms with Gasteiger partial charge in [-0.05, 0) is 44.0 Å². The molecule has 0 spiro atoms. The third-order valence-corrected chi connectivity index (χ3v) is 4.78. The zero-order chi connectivity index (χ0) is 20.9. The molecule has 28 heavy (non-hydrogen) atoms. The first kappa shape index (κ1) is 21.2. The number of amides is 4. The Morgan fingerprint density at radius 1 is 1.18 bits per heavy atom. The van der Waals surface area contributed by atoms with Gasteiger partial charge >= 0.3 is 12.0 Å². The summed E-state index contributed by atoms with van der Waals surface area (Å²) in [5.41, 5.74) is -0.479. The van der Waals surface area contributed by atoms with Crippen molar-refractivity contribution in [3.63, 3.8) is 0 Å². The molecule has 0 aromatic heterocycles. The number of esters is 1. The molecule has 1 aromatic rings. The second-order valence-corrected chi connectivity index (χ2v) is 6.46. The Balaban J connectivity index is 1.92. The molecular weight excluding hydrogens is 366 g/mol. The highest BCUT2D eigenvalue weighted by Crippen LogP contribution is 2.24. The highest BCUT2D eigenvalue weighted by Gasteiger charge is 2.49. The Labute approximate surface area is 163 Å². The molecule has 2 N–H and O–H groups in total. The van der Waals surface area contributed by atoms with Crippen LogP contribution in [0, 0.1) is 0 Å². The van der Waals surface area contributed by atoms with Crippen molar-refractivity contribution < 1.29 is 28.7 Å². The Morgan fingerprint density at radius 3 is 2.29 bits per heavy atom. The monoisotopic (exact) mass is 391 g/mol. The number of imide groups is 1. The maximum Gasteiger partial charge on any atom is 0.327 e. The number of nitrogens with zero attached hydrogens (tertiary/aromatic N) is 1. The molecule has 9 heteroatoms. The predicted molar refractivity (Wildman–Crippen MR) is 101 cm³/mol. The van der Waals surface area contributed by atoms with Crippen LogP contribution in [0.2, 0.25) is 0 Å². The van der Waals surface area contributed by atoms with Crippen molar-refractivity contribution in [2.75, 3.05) is 19.0 Å². The van der Waals surface area contributed by atoms with Crippen molar-refractivity contribution in [3.8, 4) is 5.75 Å². The lowest BCUT2D eigenvalue weighted by Gasteiger charge is -2.23. The number of hydrogen-bond acceptors (Lipinski definition) is 6. The standard InChI is InChI=1S/C19H25N3O6/c1-5-19(6-2)17(25)22(18(26)21-19)11-15(23)28-12(3)16(24)20-13-7-9-14(27-4)10-8-13/h7-10,12H,5-6,11H2,1-4H3,(H,20,24)(H,21,26)/t12-/m0/s1. The average molecular weight is 391 g/mol. The van der Waals surface area contributed by atoms with Crippen LogP contribution in [-0.4, -0.2) is 54.0 Å². The van der Waals surface area contributed by atoms with Crippen molar-refractivity contribution in [1.29, 1.82) is 0 Å². The SMILES string of the molecule is CCC1(CC)NC(=O)N(CC(=O)O[C@@H](C)C(=O)Nc2ccc(OC)cc2)C1=O. The fourth-order valence-electron chi connectivity index (χ4n) is 2.88. The van der Waals surface area contributed by atoms with Crippen molar-refractivity contribution in [2.45, 2.75) is 45.3 Å². The maximum atomic E-state index is 12.5. The van der Waals surface area contributed by atoms with Gasteiger partial charge in [-0.15, -0.1) is 0 Å². The molecule has 1 aliphatic heterocycles. The van der Waals surface area contributed by atoms with Crippen LogP contribution in [0.4, 0.5) is 10.5 Å². The third kappa shape index (κ3) is 4.41. The summed E-state index contributed by atoms with van der Waals surface area (Å²) >= 11 is 0. The van der Waals surface area contributed by atoms with E-state index in [0.717, 1.165) is 4.90 Å². The molecule has 4 amide bonds. The summed E-state index contributed by atoms with van der Waals surface area (Å²) in [4.78, 5) is 49.7. The van der Waals surface area contributed by atoms with Gasteiger partial charge in [-0.1, -0.05) is 13.8 Å². The van der Waals surface area contributed by atoms with E-state index >= 15 is 0 Å². The molecule has 0 radical (unpaired) electrons. The normalized spacial score (nSPS) is 16.4. The molecule has 0 saturated carbocycles. The highest BCUT2D eigenvalue weighted by molar-refractivity contribution is 6.08. The first-order chi connectivity index (χ1) is 13.3. The summed E-state index contributed by atoms with van der Waals surface area (Å²) in [6.45, 7) is 4.43. The second kappa shape index (κ2) is 8.73. The molecule has 1 aliphatic rings. The van der Waals surface area contributed by atoms with Gasteiger partial charge in [-0.2, -0.15) is 0 Å². The van der Waals surface area contributed by atoms with Crippen molar-refractivity contribution in [3.05, 3.63) is 24.3 Å². The number of urea groups is 1. The Kier molecular flexibility index (Phi) is 6.61. The summed E-state index contributed by atoms with van der Waals surface area (Å²) in [7, 11) is 1.53. The zero-order valence-electron chi connectivity index (χ0n) is 16.4. The average Bonchev–Trinajstić information content (AvgIpc) is 2.93. The smallest absolute Gasteiger partial charge is 0.327 e. The number of ether oxygens (including phenoxy) is 2. The lowest BCUT2D eigenvalue weighted by Crippen LogP contribution is -2.46. The third-order valence-electron chi connectivity index (χ3n) is 4.78. The number of benzene rings is 1. The number of carbonyl (C=O) groups is 4. The van der Waals surface area contributed by atoms with E-state index in [9.17, 15) is 19.2 Å². The van der Waals surface area contributed by atoms with E-state index in [1.54, 1.807) is 38.1 Å². The first-order valence-corrected chi connectivity index (χ1v) is 9.04. The number of rotatable bonds is 8. The minimum Gasteiger partial charge on any atom is -0.497 e. The lowest BCUT2D eigenvalue weighted by atomic mass is 9.93. The Hall–Kier alpha value is -3.10. The summed E-state index contributed by atoms with van der Waals surface area (Å²) < 4.78 is 10.1. The Bertz CT molecular complexity index is 757. The van der Waals surface area contributed by atoms with E-state index in [-0.39, 0.29) is 0 Å². The summed E-state index contributed by atoms with van der Waals surface area (Å²) in [6, 6.07) is 6.01. The minimum atomic E-state index is -1.10. The van der Waals surface area contributed by atoms with Gasteiger partial charge in [0.25, 0.3) is 11.8 Å². The molecule has 0 bridgehead atoms. The molecule has 2 rings (SSSR count). The molecule has 0 unspecified atom stereocenters. The zero-order valence-corrected chi connectivity index (χ0v) is 16.4. The molecule has 1 heterocycles. The van der Waals surface area contributed by atoms with Crippen LogP contribution in [0.15, 0.2) is 24.3 Å². The van der Waals surface area contributed by atoms with Gasteiger partial charge in [0.1, 0.15) is 17.8 Å². The van der Waals surface area contributed by atoms with Crippen molar-refractivity contribution >= 4 is 29.5 Å². The number of methoxy groups -OCH3 is 1. The van der Waals surface area contributed by atoms with Gasteiger partial charge in [-0.3, -0.25) is 19.3 Å². The van der Waals surface area contributed by atoms with Gasteiger partial charge in [0.05, 0.1) is 7.11 Å². The molecule has 1 fully saturated rings. The largest absolute Gasteiger partial charge is 0.497 e. The molecule has 1 saturated heterocycles. The van der Waals surface area contributed by atoms with Crippen LogP contribution >= 0.6 is 0 Å². The second-order valence-electron chi connectivity index (χ2n) is 6.46. The van der Waals surface area contributed by atoms with E-state index in [2.05, 4.69) is 10.6 Å². The minimum absolute atomic E-state index is 0.417. The van der Waals surface area contributed by atoms with E-state index in [1.165, 1.54) is 14.0 Å². The topological polar surface area (TPSA) is 114 Å². The predicted octanol–water partition coefficient (Wildman–Crippen LogP) is 1.68. The quantitative estimate of drug-likeness (QED) is 0.515. The molecule has 152 valence electrons. The van der Waals surface area contributed by atoms with Crippen LogP contribution in [0.1, 0.15) is 33.6 Å². The molecule has 0 aliphatic carbocycles. The summed E-state index contributed by atoms with van der Waals surface area (Å²) in [6.07, 6.45) is -0.266. The van der Waals surface area contributed by atoms with Gasteiger partial charge in [0.15, 0.2) is 6.10 Å². The van der Waals surface area contributed by atoms with E-state index in [0.29, 0.717) is 24.3 Å². The van der Waals surface area contributed by atoms with Crippen LogP contribution in [-0.2, 0) is 19.1 Å². The van der Waals surface area contributed by atoms with Gasteiger partial charge in [-0.25, -0.2) is 4.79 Å². The molecular formula is C19H25N3O6. The van der Waals surface area contributed by atoms with Crippen molar-refractivity contribution in [2.24, 2.45) is 0 Å². The molecule has 1 aromatic carbocycles. The molecule has 1 atom stereocenters. The highest BCUT2D eigenvalue weighted by atomic mass is 16.5. The van der Waals surface area contributed by atoms with Crippen molar-refractivity contribution in [1.82, 2.24) is 10.2 Å². The number of anilines is 1. The van der Waals surface area contributed by atoms with E-state index < -0.39 is 42.0 Å². The fraction of sp³-hybridized carbons (Fsp3) is 0.474. The van der Waals surface area contributed by atoms with E-state index in [4.69, 9.17) is 9.47 Å². The van der Waals surface area contributed by atoms with Crippen LogP contribution in [0.25, 0.3) is 0 Å². The van der Waals surface area contributed by atoms with Crippen LogP contribution in [0.3, 0.4) is 0 Å². The van der Waals surface area contributed by atoms with Crippen LogP contribution in [0.5, 0.6) is 5.75 Å². The summed E-state index contributed by atoms with van der Waals surface area (Å²) in [5, 5.41) is 5.24. The molecule has 9 nitrogen and oxygen atoms in total. The van der Waals surface area contributed by atoms with Crippen LogP contribution < -0.4 is 15.4 Å². The number of nitrogens with one attached hydrogen (secondary N) is 2. The van der Waals surface area contributed by atoms with Gasteiger partial charge in [0.2, 0.25) is 0 Å². The summed E-state index contributed by atoms with van der Waals surface area (Å²) in [5.74, 6) is -1.20. The number of carbonyl (C=O) groups excluding carboxylic acids is 4. The maximum absolute atomic E-state index is 12.5. The Morgan fingerprint density at radius 2 is 1.79 bits per heavy atom. The van der Waals surface area contributed by atoms with E-state index in [1.807, 2.05) is 0 Å². The first-order valence-electron chi connectivity index (χ1n) is 9.04. The lowest BCUT2D eigenvalue weighted by molar-refractivity contribution is -0.155. The fourth-order valence-corrected chi connectivity index (χ4v) is 2.88. The van der Waals surface area contributed by atoms with Gasteiger partial charge < -0.3 is 20.1 Å². The van der Waals surface area contributed by atoms with Gasteiger partial charge in [0, 0.05) is 5.69 Å². The number of hydrogen-bond donors (Lipinski definition) is 2.